The molecule has 0 aromatic carbocycles. The highest BCUT2D eigenvalue weighted by Crippen LogP contribution is 2.34. The molecule has 0 aliphatic carbocycles. The van der Waals surface area contributed by atoms with Crippen molar-refractivity contribution in [1.82, 2.24) is 9.78 Å². The predicted octanol–water partition coefficient (Wildman–Crippen LogP) is 1.90. The fourth-order valence-corrected chi connectivity index (χ4v) is 2.66. The topological polar surface area (TPSA) is 73.4 Å². The molecule has 2 heterocycles. The Kier molecular flexibility index (Phi) is 3.99. The summed E-state index contributed by atoms with van der Waals surface area (Å²) in [5, 5.41) is 15.7. The van der Waals surface area contributed by atoms with E-state index in [0.29, 0.717) is 37.6 Å². The zero-order valence-electron chi connectivity index (χ0n) is 12.5. The molecule has 1 saturated heterocycles. The fraction of sp³-hybridized carbons (Fsp3) is 0.769. The van der Waals surface area contributed by atoms with Gasteiger partial charge in [-0.1, -0.05) is 13.8 Å². The molecule has 7 nitrogen and oxygen atoms in total. The maximum absolute atomic E-state index is 11.4. The summed E-state index contributed by atoms with van der Waals surface area (Å²) in [6, 6.07) is 0. The Balaban J connectivity index is 2.42. The summed E-state index contributed by atoms with van der Waals surface area (Å²) in [5.74, 6) is 0.592. The molecule has 0 radical (unpaired) electrons. The Morgan fingerprint density at radius 1 is 1.50 bits per heavy atom. The van der Waals surface area contributed by atoms with E-state index in [-0.39, 0.29) is 16.2 Å². The highest BCUT2D eigenvalue weighted by atomic mass is 16.6. The van der Waals surface area contributed by atoms with Crippen LogP contribution in [-0.2, 0) is 18.2 Å². The molecular weight excluding hydrogens is 260 g/mol. The summed E-state index contributed by atoms with van der Waals surface area (Å²) in [4.78, 5) is 13.1. The van der Waals surface area contributed by atoms with Crippen molar-refractivity contribution >= 4 is 11.5 Å². The van der Waals surface area contributed by atoms with Crippen molar-refractivity contribution in [2.75, 3.05) is 24.6 Å². The summed E-state index contributed by atoms with van der Waals surface area (Å²) in [6.07, 6.45) is 1.43. The zero-order valence-corrected chi connectivity index (χ0v) is 12.5. The lowest BCUT2D eigenvalue weighted by Crippen LogP contribution is -2.50. The highest BCUT2D eigenvalue weighted by molar-refractivity contribution is 5.62. The third-order valence-corrected chi connectivity index (χ3v) is 3.96. The van der Waals surface area contributed by atoms with Crippen molar-refractivity contribution in [1.29, 1.82) is 0 Å². The summed E-state index contributed by atoms with van der Waals surface area (Å²) < 4.78 is 7.42. The SMILES string of the molecule is CCc1nn(C)c(N2CCOC(C)(CC)C2)c1[N+](=O)[O-]. The van der Waals surface area contributed by atoms with Gasteiger partial charge >= 0.3 is 5.69 Å². The Bertz CT molecular complexity index is 514. The molecule has 0 spiro atoms. The Morgan fingerprint density at radius 2 is 2.20 bits per heavy atom. The van der Waals surface area contributed by atoms with Crippen molar-refractivity contribution in [3.63, 3.8) is 0 Å². The molecule has 1 unspecified atom stereocenters. The van der Waals surface area contributed by atoms with E-state index in [4.69, 9.17) is 4.74 Å². The van der Waals surface area contributed by atoms with Crippen LogP contribution in [0.5, 0.6) is 0 Å². The first kappa shape index (κ1) is 14.8. The fourth-order valence-electron chi connectivity index (χ4n) is 2.66. The third kappa shape index (κ3) is 2.49. The first-order chi connectivity index (χ1) is 9.41. The largest absolute Gasteiger partial charge is 0.372 e. The van der Waals surface area contributed by atoms with E-state index < -0.39 is 0 Å². The summed E-state index contributed by atoms with van der Waals surface area (Å²) in [5.41, 5.74) is 0.413. The van der Waals surface area contributed by atoms with E-state index in [9.17, 15) is 10.1 Å². The number of rotatable bonds is 4. The number of ether oxygens (including phenoxy) is 1. The van der Waals surface area contributed by atoms with Crippen molar-refractivity contribution in [3.05, 3.63) is 15.8 Å². The summed E-state index contributed by atoms with van der Waals surface area (Å²) in [6.45, 7) is 7.87. The van der Waals surface area contributed by atoms with E-state index in [1.165, 1.54) is 0 Å². The van der Waals surface area contributed by atoms with E-state index in [1.54, 1.807) is 11.7 Å². The summed E-state index contributed by atoms with van der Waals surface area (Å²) >= 11 is 0. The van der Waals surface area contributed by atoms with Crippen LogP contribution in [0.3, 0.4) is 0 Å². The molecule has 1 aromatic rings. The van der Waals surface area contributed by atoms with E-state index >= 15 is 0 Å². The molecule has 112 valence electrons. The number of aryl methyl sites for hydroxylation is 2. The van der Waals surface area contributed by atoms with Crippen LogP contribution in [0.2, 0.25) is 0 Å². The lowest BCUT2D eigenvalue weighted by atomic mass is 10.0. The van der Waals surface area contributed by atoms with E-state index in [1.807, 2.05) is 18.7 Å². The van der Waals surface area contributed by atoms with Gasteiger partial charge in [-0.05, 0) is 19.8 Å². The molecule has 0 bridgehead atoms. The van der Waals surface area contributed by atoms with Crippen molar-refractivity contribution < 1.29 is 9.66 Å². The van der Waals surface area contributed by atoms with Crippen molar-refractivity contribution in [2.45, 2.75) is 39.2 Å². The van der Waals surface area contributed by atoms with E-state index in [0.717, 1.165) is 6.42 Å². The number of nitro groups is 1. The molecule has 1 aliphatic heterocycles. The minimum absolute atomic E-state index is 0.135. The Labute approximate surface area is 118 Å². The first-order valence-electron chi connectivity index (χ1n) is 7.01. The summed E-state index contributed by atoms with van der Waals surface area (Å²) in [7, 11) is 1.76. The van der Waals surface area contributed by atoms with Crippen LogP contribution in [0.1, 0.15) is 32.9 Å². The van der Waals surface area contributed by atoms with Gasteiger partial charge in [-0.15, -0.1) is 0 Å². The standard InChI is InChI=1S/C13H22N4O3/c1-5-10-11(17(18)19)12(15(4)14-10)16-7-8-20-13(3,6-2)9-16/h5-9H2,1-4H3. The number of nitrogens with zero attached hydrogens (tertiary/aromatic N) is 4. The molecule has 0 N–H and O–H groups in total. The number of anilines is 1. The number of hydrogen-bond donors (Lipinski definition) is 0. The average Bonchev–Trinajstić information content (AvgIpc) is 2.75. The zero-order chi connectivity index (χ0) is 14.9. The predicted molar refractivity (Wildman–Crippen MR) is 76.1 cm³/mol. The number of aromatic nitrogens is 2. The molecule has 1 fully saturated rings. The monoisotopic (exact) mass is 282 g/mol. The van der Waals surface area contributed by atoms with Gasteiger partial charge in [0.05, 0.1) is 17.1 Å². The average molecular weight is 282 g/mol. The number of morpholine rings is 1. The van der Waals surface area contributed by atoms with Gasteiger partial charge in [0.1, 0.15) is 5.69 Å². The molecule has 1 atom stereocenters. The van der Waals surface area contributed by atoms with Gasteiger partial charge in [-0.25, -0.2) is 4.68 Å². The van der Waals surface area contributed by atoms with Gasteiger partial charge in [0.25, 0.3) is 0 Å². The Morgan fingerprint density at radius 3 is 2.75 bits per heavy atom. The molecule has 1 aliphatic rings. The van der Waals surface area contributed by atoms with Gasteiger partial charge in [0.15, 0.2) is 0 Å². The lowest BCUT2D eigenvalue weighted by molar-refractivity contribution is -0.384. The highest BCUT2D eigenvalue weighted by Gasteiger charge is 2.36. The van der Waals surface area contributed by atoms with Crippen LogP contribution >= 0.6 is 0 Å². The molecule has 1 aromatic heterocycles. The first-order valence-corrected chi connectivity index (χ1v) is 7.01. The third-order valence-electron chi connectivity index (χ3n) is 3.96. The second-order valence-corrected chi connectivity index (χ2v) is 5.43. The minimum atomic E-state index is -0.320. The maximum atomic E-state index is 11.4. The van der Waals surface area contributed by atoms with Crippen molar-refractivity contribution in [2.24, 2.45) is 7.05 Å². The molecule has 0 saturated carbocycles. The minimum Gasteiger partial charge on any atom is -0.372 e. The second kappa shape index (κ2) is 5.40. The van der Waals surface area contributed by atoms with Crippen LogP contribution in [0.15, 0.2) is 0 Å². The van der Waals surface area contributed by atoms with Gasteiger partial charge in [0, 0.05) is 20.1 Å². The van der Waals surface area contributed by atoms with E-state index in [2.05, 4.69) is 12.0 Å². The quantitative estimate of drug-likeness (QED) is 0.623. The van der Waals surface area contributed by atoms with Crippen molar-refractivity contribution in [3.8, 4) is 0 Å². The lowest BCUT2D eigenvalue weighted by Gasteiger charge is -2.40. The molecular formula is C13H22N4O3. The second-order valence-electron chi connectivity index (χ2n) is 5.43. The van der Waals surface area contributed by atoms with Crippen LogP contribution < -0.4 is 4.90 Å². The van der Waals surface area contributed by atoms with Crippen LogP contribution in [0.4, 0.5) is 11.5 Å². The number of hydrogen-bond acceptors (Lipinski definition) is 5. The van der Waals surface area contributed by atoms with Crippen LogP contribution in [-0.4, -0.2) is 40.0 Å². The Hall–Kier alpha value is -1.63. The molecule has 0 amide bonds. The van der Waals surface area contributed by atoms with Gasteiger partial charge in [-0.3, -0.25) is 10.1 Å². The maximum Gasteiger partial charge on any atom is 0.334 e. The van der Waals surface area contributed by atoms with Gasteiger partial charge < -0.3 is 9.64 Å². The molecule has 20 heavy (non-hydrogen) atoms. The van der Waals surface area contributed by atoms with Crippen LogP contribution in [0, 0.1) is 10.1 Å². The van der Waals surface area contributed by atoms with Gasteiger partial charge in [-0.2, -0.15) is 5.10 Å². The normalized spacial score (nSPS) is 23.1. The smallest absolute Gasteiger partial charge is 0.334 e. The molecule has 7 heteroatoms. The van der Waals surface area contributed by atoms with Gasteiger partial charge in [0.2, 0.25) is 5.82 Å². The van der Waals surface area contributed by atoms with Crippen LogP contribution in [0.25, 0.3) is 0 Å². The molecule has 2 rings (SSSR count).